The Morgan fingerprint density at radius 1 is 1.54 bits per heavy atom. The largest absolute Gasteiger partial charge is 0.345 e. The second-order valence-corrected chi connectivity index (χ2v) is 5.91. The summed E-state index contributed by atoms with van der Waals surface area (Å²) < 4.78 is 22.9. The molecule has 0 aliphatic heterocycles. The number of nitrogens with one attached hydrogen (secondary N) is 1. The van der Waals surface area contributed by atoms with E-state index in [1.54, 1.807) is 27.0 Å². The van der Waals surface area contributed by atoms with Crippen LogP contribution in [0.2, 0.25) is 0 Å². The molecule has 13 heavy (non-hydrogen) atoms. The van der Waals surface area contributed by atoms with E-state index in [1.165, 1.54) is 0 Å². The van der Waals surface area contributed by atoms with Crippen LogP contribution in [0.25, 0.3) is 0 Å². The summed E-state index contributed by atoms with van der Waals surface area (Å²) in [5, 5.41) is -0.337. The van der Waals surface area contributed by atoms with Crippen molar-refractivity contribution in [1.29, 1.82) is 0 Å². The molecule has 0 spiro atoms. The molecular weight excluding hydrogens is 188 g/mol. The summed E-state index contributed by atoms with van der Waals surface area (Å²) in [6, 6.07) is 0. The SMILES string of the molecule is Cc1ncc(CS(=O)(=O)C(C)C)[nH]1. The Bertz CT molecular complexity index is 379. The van der Waals surface area contributed by atoms with Gasteiger partial charge in [0.2, 0.25) is 0 Å². The number of aromatic nitrogens is 2. The predicted molar refractivity (Wildman–Crippen MR) is 51.1 cm³/mol. The molecule has 1 aromatic rings. The highest BCUT2D eigenvalue weighted by Gasteiger charge is 2.17. The van der Waals surface area contributed by atoms with Crippen LogP contribution in [0.1, 0.15) is 25.4 Å². The summed E-state index contributed by atoms with van der Waals surface area (Å²) in [4.78, 5) is 6.84. The fraction of sp³-hybridized carbons (Fsp3) is 0.625. The topological polar surface area (TPSA) is 62.8 Å². The molecule has 0 aromatic carbocycles. The van der Waals surface area contributed by atoms with Crippen molar-refractivity contribution in [3.63, 3.8) is 0 Å². The lowest BCUT2D eigenvalue weighted by Gasteiger charge is -2.04. The molecule has 74 valence electrons. The molecular formula is C8H14N2O2S. The Hall–Kier alpha value is -0.840. The summed E-state index contributed by atoms with van der Waals surface area (Å²) in [6.45, 7) is 5.16. The molecule has 1 rings (SSSR count). The Kier molecular flexibility index (Phi) is 2.75. The highest BCUT2D eigenvalue weighted by molar-refractivity contribution is 7.91. The first-order chi connectivity index (χ1) is 5.92. The number of aromatic amines is 1. The quantitative estimate of drug-likeness (QED) is 0.796. The minimum atomic E-state index is -3.01. The summed E-state index contributed by atoms with van der Waals surface area (Å²) >= 11 is 0. The Morgan fingerprint density at radius 2 is 2.15 bits per heavy atom. The first-order valence-corrected chi connectivity index (χ1v) is 5.85. The first-order valence-electron chi connectivity index (χ1n) is 4.14. The first kappa shape index (κ1) is 10.2. The van der Waals surface area contributed by atoms with Gasteiger partial charge in [0.25, 0.3) is 0 Å². The van der Waals surface area contributed by atoms with Crippen LogP contribution >= 0.6 is 0 Å². The van der Waals surface area contributed by atoms with Gasteiger partial charge >= 0.3 is 0 Å². The van der Waals surface area contributed by atoms with Crippen molar-refractivity contribution in [2.24, 2.45) is 0 Å². The van der Waals surface area contributed by atoms with Crippen LogP contribution in [0, 0.1) is 6.92 Å². The van der Waals surface area contributed by atoms with Crippen LogP contribution in [-0.4, -0.2) is 23.6 Å². The highest BCUT2D eigenvalue weighted by atomic mass is 32.2. The zero-order chi connectivity index (χ0) is 10.1. The molecule has 0 saturated heterocycles. The Morgan fingerprint density at radius 3 is 2.54 bits per heavy atom. The van der Waals surface area contributed by atoms with Crippen molar-refractivity contribution in [2.45, 2.75) is 31.8 Å². The molecule has 0 amide bonds. The average Bonchev–Trinajstić information content (AvgIpc) is 2.34. The average molecular weight is 202 g/mol. The number of sulfone groups is 1. The van der Waals surface area contributed by atoms with Gasteiger partial charge in [-0.3, -0.25) is 0 Å². The van der Waals surface area contributed by atoms with E-state index in [2.05, 4.69) is 9.97 Å². The molecule has 0 radical (unpaired) electrons. The number of hydrogen-bond donors (Lipinski definition) is 1. The van der Waals surface area contributed by atoms with Crippen molar-refractivity contribution in [3.05, 3.63) is 17.7 Å². The van der Waals surface area contributed by atoms with Crippen LogP contribution in [0.3, 0.4) is 0 Å². The van der Waals surface area contributed by atoms with E-state index < -0.39 is 9.84 Å². The van der Waals surface area contributed by atoms with Gasteiger partial charge in [-0.2, -0.15) is 0 Å². The van der Waals surface area contributed by atoms with Gasteiger partial charge in [0, 0.05) is 11.9 Å². The molecule has 0 saturated carbocycles. The molecule has 5 heteroatoms. The third kappa shape index (κ3) is 2.55. The fourth-order valence-corrected chi connectivity index (χ4v) is 1.84. The number of imidazole rings is 1. The van der Waals surface area contributed by atoms with E-state index in [0.29, 0.717) is 5.69 Å². The van der Waals surface area contributed by atoms with E-state index in [-0.39, 0.29) is 11.0 Å². The minimum Gasteiger partial charge on any atom is -0.345 e. The van der Waals surface area contributed by atoms with Gasteiger partial charge in [-0.25, -0.2) is 13.4 Å². The minimum absolute atomic E-state index is 0.0471. The standard InChI is InChI=1S/C8H14N2O2S/c1-6(2)13(11,12)5-8-4-9-7(3)10-8/h4,6H,5H2,1-3H3,(H,9,10). The van der Waals surface area contributed by atoms with Crippen molar-refractivity contribution >= 4 is 9.84 Å². The third-order valence-corrected chi connectivity index (χ3v) is 3.98. The van der Waals surface area contributed by atoms with Crippen LogP contribution in [-0.2, 0) is 15.6 Å². The zero-order valence-electron chi connectivity index (χ0n) is 8.03. The lowest BCUT2D eigenvalue weighted by molar-refractivity contribution is 0.586. The predicted octanol–water partition coefficient (Wildman–Crippen LogP) is 1.04. The molecule has 0 atom stereocenters. The van der Waals surface area contributed by atoms with Gasteiger partial charge in [0.05, 0.1) is 11.0 Å². The third-order valence-electron chi connectivity index (χ3n) is 1.83. The smallest absolute Gasteiger partial charge is 0.158 e. The van der Waals surface area contributed by atoms with E-state index >= 15 is 0 Å². The maximum Gasteiger partial charge on any atom is 0.158 e. The maximum atomic E-state index is 11.5. The number of nitrogens with zero attached hydrogens (tertiary/aromatic N) is 1. The normalized spacial score (nSPS) is 12.3. The highest BCUT2D eigenvalue weighted by Crippen LogP contribution is 2.08. The summed E-state index contributed by atoms with van der Waals surface area (Å²) in [6.07, 6.45) is 1.56. The van der Waals surface area contributed by atoms with E-state index in [0.717, 1.165) is 5.82 Å². The van der Waals surface area contributed by atoms with Crippen molar-refractivity contribution in [3.8, 4) is 0 Å². The number of rotatable bonds is 3. The lowest BCUT2D eigenvalue weighted by Crippen LogP contribution is -2.16. The molecule has 0 fully saturated rings. The Labute approximate surface area is 78.3 Å². The molecule has 0 bridgehead atoms. The summed E-state index contributed by atoms with van der Waals surface area (Å²) in [5.41, 5.74) is 0.659. The van der Waals surface area contributed by atoms with Crippen molar-refractivity contribution in [1.82, 2.24) is 9.97 Å². The Balaban J connectivity index is 2.81. The van der Waals surface area contributed by atoms with E-state index in [4.69, 9.17) is 0 Å². The van der Waals surface area contributed by atoms with Gasteiger partial charge in [-0.1, -0.05) is 0 Å². The maximum absolute atomic E-state index is 11.5. The van der Waals surface area contributed by atoms with E-state index in [9.17, 15) is 8.42 Å². The molecule has 1 aromatic heterocycles. The monoisotopic (exact) mass is 202 g/mol. The molecule has 0 aliphatic rings. The van der Waals surface area contributed by atoms with Gasteiger partial charge in [0.15, 0.2) is 9.84 Å². The number of H-pyrrole nitrogens is 1. The number of aryl methyl sites for hydroxylation is 1. The van der Waals surface area contributed by atoms with Crippen molar-refractivity contribution in [2.75, 3.05) is 0 Å². The second kappa shape index (κ2) is 3.49. The zero-order valence-corrected chi connectivity index (χ0v) is 8.85. The van der Waals surface area contributed by atoms with Crippen LogP contribution in [0.15, 0.2) is 6.20 Å². The van der Waals surface area contributed by atoms with Crippen molar-refractivity contribution < 1.29 is 8.42 Å². The molecule has 0 unspecified atom stereocenters. The fourth-order valence-electron chi connectivity index (χ4n) is 0.928. The lowest BCUT2D eigenvalue weighted by atomic mass is 10.5. The van der Waals surface area contributed by atoms with Crippen LogP contribution < -0.4 is 0 Å². The second-order valence-electron chi connectivity index (χ2n) is 3.35. The van der Waals surface area contributed by atoms with Gasteiger partial charge in [-0.15, -0.1) is 0 Å². The molecule has 1 N–H and O–H groups in total. The molecule has 0 aliphatic carbocycles. The van der Waals surface area contributed by atoms with Crippen LogP contribution in [0.5, 0.6) is 0 Å². The van der Waals surface area contributed by atoms with Gasteiger partial charge < -0.3 is 4.98 Å². The molecule has 4 nitrogen and oxygen atoms in total. The summed E-state index contributed by atoms with van der Waals surface area (Å²) in [7, 11) is -3.01. The molecule has 1 heterocycles. The summed E-state index contributed by atoms with van der Waals surface area (Å²) in [5.74, 6) is 0.792. The van der Waals surface area contributed by atoms with Crippen LogP contribution in [0.4, 0.5) is 0 Å². The van der Waals surface area contributed by atoms with E-state index in [1.807, 2.05) is 0 Å². The van der Waals surface area contributed by atoms with Gasteiger partial charge in [-0.05, 0) is 20.8 Å². The van der Waals surface area contributed by atoms with Gasteiger partial charge in [0.1, 0.15) is 5.82 Å². The number of hydrogen-bond acceptors (Lipinski definition) is 3.